The number of aryl methyl sites for hydroxylation is 1. The summed E-state index contributed by atoms with van der Waals surface area (Å²) in [6.45, 7) is 10.6. The Hall–Kier alpha value is -2.53. The molecule has 2 aromatic carbocycles. The van der Waals surface area contributed by atoms with Crippen LogP contribution in [0.4, 0.5) is 11.4 Å². The quantitative estimate of drug-likeness (QED) is 0.760. The van der Waals surface area contributed by atoms with E-state index in [2.05, 4.69) is 64.2 Å². The third-order valence-electron chi connectivity index (χ3n) is 6.43. The minimum absolute atomic E-state index is 0.0270. The average molecular weight is 407 g/mol. The number of carbonyl (C=O) groups is 1. The summed E-state index contributed by atoms with van der Waals surface area (Å²) in [7, 11) is 0. The van der Waals surface area contributed by atoms with Crippen molar-refractivity contribution in [3.05, 3.63) is 59.7 Å². The molecule has 1 N–H and O–H groups in total. The number of carbonyl (C=O) groups excluding carboxylic acids is 1. The zero-order chi connectivity index (χ0) is 20.9. The molecule has 0 saturated carbocycles. The number of unbranched alkanes of at least 4 members (excludes halogenated alkanes) is 1. The summed E-state index contributed by atoms with van der Waals surface area (Å²) in [5.41, 5.74) is 4.75. The van der Waals surface area contributed by atoms with Crippen molar-refractivity contribution in [2.24, 2.45) is 0 Å². The van der Waals surface area contributed by atoms with Crippen LogP contribution in [-0.2, 0) is 6.42 Å². The lowest BCUT2D eigenvalue weighted by atomic mass is 10.0. The molecule has 2 aliphatic rings. The Labute approximate surface area is 180 Å². The highest BCUT2D eigenvalue weighted by Gasteiger charge is 2.28. The Balaban J connectivity index is 1.34. The first-order valence-electron chi connectivity index (χ1n) is 11.4. The predicted molar refractivity (Wildman–Crippen MR) is 124 cm³/mol. The Morgan fingerprint density at radius 1 is 0.933 bits per heavy atom. The van der Waals surface area contributed by atoms with Crippen LogP contribution in [-0.4, -0.2) is 56.2 Å². The molecule has 0 spiro atoms. The molecule has 1 fully saturated rings. The highest BCUT2D eigenvalue weighted by atomic mass is 16.2. The van der Waals surface area contributed by atoms with E-state index < -0.39 is 0 Å². The fourth-order valence-corrected chi connectivity index (χ4v) is 4.64. The van der Waals surface area contributed by atoms with Crippen molar-refractivity contribution in [1.82, 2.24) is 10.2 Å². The number of fused-ring (bicyclic) bond motifs is 1. The van der Waals surface area contributed by atoms with Gasteiger partial charge in [0.2, 0.25) is 0 Å². The molecule has 0 radical (unpaired) electrons. The first-order valence-corrected chi connectivity index (χ1v) is 11.4. The van der Waals surface area contributed by atoms with Gasteiger partial charge in [-0.15, -0.1) is 0 Å². The van der Waals surface area contributed by atoms with Gasteiger partial charge in [0.05, 0.1) is 17.4 Å². The van der Waals surface area contributed by atoms with Gasteiger partial charge in [-0.3, -0.25) is 9.69 Å². The highest BCUT2D eigenvalue weighted by molar-refractivity contribution is 6.01. The maximum atomic E-state index is 12.3. The maximum absolute atomic E-state index is 12.3. The van der Waals surface area contributed by atoms with Crippen molar-refractivity contribution >= 4 is 17.3 Å². The van der Waals surface area contributed by atoms with E-state index in [-0.39, 0.29) is 12.1 Å². The van der Waals surface area contributed by atoms with Gasteiger partial charge in [-0.05, 0) is 43.5 Å². The van der Waals surface area contributed by atoms with Crippen LogP contribution in [0.15, 0.2) is 48.5 Å². The van der Waals surface area contributed by atoms with E-state index in [0.717, 1.165) is 50.5 Å². The molecular weight excluding hydrogens is 372 g/mol. The summed E-state index contributed by atoms with van der Waals surface area (Å²) < 4.78 is 0. The second-order valence-corrected chi connectivity index (χ2v) is 8.42. The summed E-state index contributed by atoms with van der Waals surface area (Å²) in [5.74, 6) is 0.0321. The monoisotopic (exact) mass is 406 g/mol. The van der Waals surface area contributed by atoms with Gasteiger partial charge in [-0.25, -0.2) is 0 Å². The molecule has 1 saturated heterocycles. The number of amides is 1. The van der Waals surface area contributed by atoms with E-state index in [9.17, 15) is 4.79 Å². The van der Waals surface area contributed by atoms with Gasteiger partial charge in [-0.1, -0.05) is 43.7 Å². The fourth-order valence-electron chi connectivity index (χ4n) is 4.64. The number of hydrogen-bond donors (Lipinski definition) is 1. The third-order valence-corrected chi connectivity index (χ3v) is 6.43. The number of nitrogens with zero attached hydrogens (tertiary/aromatic N) is 3. The van der Waals surface area contributed by atoms with Gasteiger partial charge in [-0.2, -0.15) is 0 Å². The van der Waals surface area contributed by atoms with Gasteiger partial charge in [0.1, 0.15) is 0 Å². The Morgan fingerprint density at radius 2 is 1.63 bits per heavy atom. The molecule has 1 unspecified atom stereocenters. The Morgan fingerprint density at radius 3 is 2.40 bits per heavy atom. The van der Waals surface area contributed by atoms with Crippen molar-refractivity contribution in [2.75, 3.05) is 49.1 Å². The van der Waals surface area contributed by atoms with Crippen LogP contribution in [0.1, 0.15) is 42.6 Å². The number of rotatable bonds is 7. The molecule has 0 aromatic heterocycles. The summed E-state index contributed by atoms with van der Waals surface area (Å²) in [4.78, 5) is 19.7. The molecule has 2 aliphatic heterocycles. The lowest BCUT2D eigenvalue weighted by Crippen LogP contribution is -2.54. The van der Waals surface area contributed by atoms with Gasteiger partial charge < -0.3 is 15.1 Å². The van der Waals surface area contributed by atoms with Crippen LogP contribution < -0.4 is 15.1 Å². The van der Waals surface area contributed by atoms with Gasteiger partial charge >= 0.3 is 0 Å². The van der Waals surface area contributed by atoms with Crippen molar-refractivity contribution < 1.29 is 4.79 Å². The lowest BCUT2D eigenvalue weighted by molar-refractivity contribution is 0.0930. The standard InChI is InChI=1S/C25H34N4O/c1-3-4-9-21-10-5-7-12-23(21)28-17-14-27(15-18-28)16-19-29-20(2)26-25(30)22-11-6-8-13-24(22)29/h5-8,10-13,20H,3-4,9,14-19H2,1-2H3,(H,26,30). The second kappa shape index (κ2) is 9.52. The van der Waals surface area contributed by atoms with Crippen LogP contribution >= 0.6 is 0 Å². The number of para-hydroxylation sites is 2. The molecule has 2 heterocycles. The van der Waals surface area contributed by atoms with Crippen LogP contribution in [0.25, 0.3) is 0 Å². The Kier molecular flexibility index (Phi) is 6.58. The molecule has 5 heteroatoms. The molecule has 5 nitrogen and oxygen atoms in total. The lowest BCUT2D eigenvalue weighted by Gasteiger charge is -2.40. The minimum Gasteiger partial charge on any atom is -0.369 e. The van der Waals surface area contributed by atoms with Crippen molar-refractivity contribution in [3.63, 3.8) is 0 Å². The van der Waals surface area contributed by atoms with E-state index >= 15 is 0 Å². The average Bonchev–Trinajstić information content (AvgIpc) is 2.78. The zero-order valence-electron chi connectivity index (χ0n) is 18.3. The SMILES string of the molecule is CCCCc1ccccc1N1CCN(CCN2c3ccccc3C(=O)NC2C)CC1. The normalized spacial score (nSPS) is 19.5. The Bertz CT molecular complexity index is 860. The second-order valence-electron chi connectivity index (χ2n) is 8.42. The molecule has 0 aliphatic carbocycles. The maximum Gasteiger partial charge on any atom is 0.254 e. The number of nitrogens with one attached hydrogen (secondary N) is 1. The summed E-state index contributed by atoms with van der Waals surface area (Å²) in [6, 6.07) is 16.8. The van der Waals surface area contributed by atoms with Crippen LogP contribution in [0.5, 0.6) is 0 Å². The van der Waals surface area contributed by atoms with Gasteiger partial charge in [0.15, 0.2) is 0 Å². The first-order chi connectivity index (χ1) is 14.7. The van der Waals surface area contributed by atoms with Crippen LogP contribution in [0.3, 0.4) is 0 Å². The zero-order valence-corrected chi connectivity index (χ0v) is 18.3. The summed E-state index contributed by atoms with van der Waals surface area (Å²) >= 11 is 0. The van der Waals surface area contributed by atoms with E-state index in [4.69, 9.17) is 0 Å². The first kappa shape index (κ1) is 20.7. The summed E-state index contributed by atoms with van der Waals surface area (Å²) in [5, 5.41) is 3.08. The van der Waals surface area contributed by atoms with E-state index in [1.165, 1.54) is 30.5 Å². The number of piperazine rings is 1. The molecular formula is C25H34N4O. The molecule has 30 heavy (non-hydrogen) atoms. The van der Waals surface area contributed by atoms with E-state index in [1.54, 1.807) is 0 Å². The van der Waals surface area contributed by atoms with E-state index in [0.29, 0.717) is 0 Å². The smallest absolute Gasteiger partial charge is 0.254 e. The van der Waals surface area contributed by atoms with Gasteiger partial charge in [0.25, 0.3) is 5.91 Å². The van der Waals surface area contributed by atoms with Crippen molar-refractivity contribution in [1.29, 1.82) is 0 Å². The minimum atomic E-state index is 0.0270. The van der Waals surface area contributed by atoms with Crippen LogP contribution in [0, 0.1) is 0 Å². The number of benzene rings is 2. The number of anilines is 2. The molecule has 1 amide bonds. The number of hydrogen-bond acceptors (Lipinski definition) is 4. The largest absolute Gasteiger partial charge is 0.369 e. The van der Waals surface area contributed by atoms with Crippen LogP contribution in [0.2, 0.25) is 0 Å². The third kappa shape index (κ3) is 4.46. The van der Waals surface area contributed by atoms with E-state index in [1.807, 2.05) is 18.2 Å². The fraction of sp³-hybridized carbons (Fsp3) is 0.480. The van der Waals surface area contributed by atoms with Crippen molar-refractivity contribution in [2.45, 2.75) is 39.3 Å². The topological polar surface area (TPSA) is 38.8 Å². The highest BCUT2D eigenvalue weighted by Crippen LogP contribution is 2.26. The van der Waals surface area contributed by atoms with Crippen molar-refractivity contribution in [3.8, 4) is 0 Å². The van der Waals surface area contributed by atoms with Gasteiger partial charge in [0, 0.05) is 45.0 Å². The summed E-state index contributed by atoms with van der Waals surface area (Å²) in [6.07, 6.45) is 3.69. The molecule has 2 aromatic rings. The predicted octanol–water partition coefficient (Wildman–Crippen LogP) is 3.75. The molecule has 4 rings (SSSR count). The molecule has 1 atom stereocenters. The molecule has 160 valence electrons. The molecule has 0 bridgehead atoms.